The highest BCUT2D eigenvalue weighted by Gasteiger charge is 2.31. The standard InChI is InChI=1S/C12H13BrN4O3S/c1-20-10-3-2-9(13)6-11(10)21(18,19)17-5-4-16-8-14-15-12(16)7-17/h2-3,6,8H,4-5,7H2,1H3. The van der Waals surface area contributed by atoms with Crippen molar-refractivity contribution in [2.24, 2.45) is 0 Å². The van der Waals surface area contributed by atoms with Crippen LogP contribution < -0.4 is 4.74 Å². The van der Waals surface area contributed by atoms with Gasteiger partial charge in [-0.25, -0.2) is 8.42 Å². The predicted octanol–water partition coefficient (Wildman–Crippen LogP) is 1.25. The number of benzene rings is 1. The molecule has 0 amide bonds. The summed E-state index contributed by atoms with van der Waals surface area (Å²) in [5, 5.41) is 7.74. The number of aromatic nitrogens is 3. The van der Waals surface area contributed by atoms with Crippen LogP contribution in [0.3, 0.4) is 0 Å². The molecule has 3 rings (SSSR count). The second kappa shape index (κ2) is 5.39. The lowest BCUT2D eigenvalue weighted by Gasteiger charge is -2.26. The summed E-state index contributed by atoms with van der Waals surface area (Å²) >= 11 is 3.30. The van der Waals surface area contributed by atoms with Gasteiger partial charge in [-0.2, -0.15) is 4.31 Å². The number of hydrogen-bond donors (Lipinski definition) is 0. The summed E-state index contributed by atoms with van der Waals surface area (Å²) in [6, 6.07) is 4.92. The van der Waals surface area contributed by atoms with Gasteiger partial charge in [0.25, 0.3) is 0 Å². The number of ether oxygens (including phenoxy) is 1. The van der Waals surface area contributed by atoms with Crippen LogP contribution in [0.25, 0.3) is 0 Å². The Hall–Kier alpha value is -1.45. The Morgan fingerprint density at radius 1 is 1.33 bits per heavy atom. The van der Waals surface area contributed by atoms with Crippen LogP contribution in [0.5, 0.6) is 5.75 Å². The Morgan fingerprint density at radius 3 is 2.90 bits per heavy atom. The monoisotopic (exact) mass is 372 g/mol. The quantitative estimate of drug-likeness (QED) is 0.810. The van der Waals surface area contributed by atoms with Crippen LogP contribution in [-0.2, 0) is 23.1 Å². The zero-order valence-corrected chi connectivity index (χ0v) is 13.6. The van der Waals surface area contributed by atoms with E-state index in [4.69, 9.17) is 4.74 Å². The molecule has 9 heteroatoms. The van der Waals surface area contributed by atoms with Gasteiger partial charge in [0.1, 0.15) is 22.8 Å². The largest absolute Gasteiger partial charge is 0.495 e. The third-order valence-electron chi connectivity index (χ3n) is 3.35. The normalized spacial score (nSPS) is 15.7. The fourth-order valence-corrected chi connectivity index (χ4v) is 4.32. The summed E-state index contributed by atoms with van der Waals surface area (Å²) in [4.78, 5) is 0.146. The second-order valence-electron chi connectivity index (χ2n) is 4.57. The molecule has 21 heavy (non-hydrogen) atoms. The van der Waals surface area contributed by atoms with E-state index < -0.39 is 10.0 Å². The first-order chi connectivity index (χ1) is 10.0. The lowest BCUT2D eigenvalue weighted by Crippen LogP contribution is -2.38. The van der Waals surface area contributed by atoms with E-state index in [1.54, 1.807) is 24.5 Å². The van der Waals surface area contributed by atoms with Gasteiger partial charge in [0.15, 0.2) is 0 Å². The van der Waals surface area contributed by atoms with Gasteiger partial charge in [-0.15, -0.1) is 10.2 Å². The molecule has 0 unspecified atom stereocenters. The maximum absolute atomic E-state index is 12.8. The van der Waals surface area contributed by atoms with Crippen molar-refractivity contribution in [1.82, 2.24) is 19.1 Å². The molecule has 112 valence electrons. The fourth-order valence-electron chi connectivity index (χ4n) is 2.24. The third kappa shape index (κ3) is 2.56. The molecule has 2 aromatic rings. The molecular weight excluding hydrogens is 360 g/mol. The number of fused-ring (bicyclic) bond motifs is 1. The molecule has 0 aliphatic carbocycles. The molecule has 0 N–H and O–H groups in total. The average Bonchev–Trinajstić information content (AvgIpc) is 2.94. The topological polar surface area (TPSA) is 77.3 Å². The Labute approximate surface area is 130 Å². The van der Waals surface area contributed by atoms with E-state index in [2.05, 4.69) is 26.1 Å². The van der Waals surface area contributed by atoms with Gasteiger partial charge in [0.2, 0.25) is 10.0 Å². The van der Waals surface area contributed by atoms with Crippen molar-refractivity contribution >= 4 is 26.0 Å². The Bertz CT molecular complexity index is 775. The van der Waals surface area contributed by atoms with Crippen molar-refractivity contribution in [3.63, 3.8) is 0 Å². The smallest absolute Gasteiger partial charge is 0.247 e. The first-order valence-corrected chi connectivity index (χ1v) is 8.46. The first-order valence-electron chi connectivity index (χ1n) is 6.23. The lowest BCUT2D eigenvalue weighted by atomic mass is 10.3. The molecule has 1 aromatic carbocycles. The van der Waals surface area contributed by atoms with Crippen molar-refractivity contribution in [3.05, 3.63) is 34.8 Å². The van der Waals surface area contributed by atoms with Crippen molar-refractivity contribution in [2.75, 3.05) is 13.7 Å². The highest BCUT2D eigenvalue weighted by Crippen LogP contribution is 2.31. The number of hydrogen-bond acceptors (Lipinski definition) is 5. The molecule has 0 bridgehead atoms. The second-order valence-corrected chi connectivity index (χ2v) is 7.40. The maximum atomic E-state index is 12.8. The zero-order chi connectivity index (χ0) is 15.0. The fraction of sp³-hybridized carbons (Fsp3) is 0.333. The van der Waals surface area contributed by atoms with Crippen LogP contribution >= 0.6 is 15.9 Å². The molecule has 0 fully saturated rings. The molecule has 0 radical (unpaired) electrons. The number of rotatable bonds is 3. The van der Waals surface area contributed by atoms with Gasteiger partial charge in [-0.1, -0.05) is 15.9 Å². The molecule has 1 aliphatic rings. The van der Waals surface area contributed by atoms with Gasteiger partial charge in [0, 0.05) is 17.6 Å². The van der Waals surface area contributed by atoms with Crippen LogP contribution in [0, 0.1) is 0 Å². The number of halogens is 1. The molecular formula is C12H13BrN4O3S. The Kier molecular flexibility index (Phi) is 3.72. The summed E-state index contributed by atoms with van der Waals surface area (Å²) in [5.41, 5.74) is 0. The van der Waals surface area contributed by atoms with E-state index >= 15 is 0 Å². The summed E-state index contributed by atoms with van der Waals surface area (Å²) in [6.45, 7) is 1.12. The third-order valence-corrected chi connectivity index (χ3v) is 5.71. The highest BCUT2D eigenvalue weighted by atomic mass is 79.9. The predicted molar refractivity (Wildman–Crippen MR) is 78.3 cm³/mol. The molecule has 0 spiro atoms. The minimum atomic E-state index is -3.65. The van der Waals surface area contributed by atoms with Crippen molar-refractivity contribution < 1.29 is 13.2 Å². The molecule has 0 atom stereocenters. The maximum Gasteiger partial charge on any atom is 0.247 e. The van der Waals surface area contributed by atoms with Crippen molar-refractivity contribution in [1.29, 1.82) is 0 Å². The number of nitrogens with zero attached hydrogens (tertiary/aromatic N) is 4. The van der Waals surface area contributed by atoms with Gasteiger partial charge in [-0.3, -0.25) is 0 Å². The minimum absolute atomic E-state index is 0.146. The van der Waals surface area contributed by atoms with Crippen molar-refractivity contribution in [3.8, 4) is 5.75 Å². The van der Waals surface area contributed by atoms with Gasteiger partial charge < -0.3 is 9.30 Å². The van der Waals surface area contributed by atoms with E-state index in [0.717, 1.165) is 0 Å². The molecule has 1 aromatic heterocycles. The summed E-state index contributed by atoms with van der Waals surface area (Å²) in [7, 11) is -2.20. The lowest BCUT2D eigenvalue weighted by molar-refractivity contribution is 0.332. The van der Waals surface area contributed by atoms with Gasteiger partial charge in [-0.05, 0) is 18.2 Å². The molecule has 0 saturated heterocycles. The van der Waals surface area contributed by atoms with Gasteiger partial charge >= 0.3 is 0 Å². The van der Waals surface area contributed by atoms with E-state index in [-0.39, 0.29) is 11.4 Å². The van der Waals surface area contributed by atoms with Crippen molar-refractivity contribution in [2.45, 2.75) is 18.0 Å². The molecule has 1 aliphatic heterocycles. The molecule has 0 saturated carbocycles. The van der Waals surface area contributed by atoms with Crippen LogP contribution in [0.15, 0.2) is 33.9 Å². The van der Waals surface area contributed by atoms with E-state index in [0.29, 0.717) is 29.1 Å². The van der Waals surface area contributed by atoms with Crippen LogP contribution in [0.4, 0.5) is 0 Å². The van der Waals surface area contributed by atoms with Crippen LogP contribution in [0.2, 0.25) is 0 Å². The number of methoxy groups -OCH3 is 1. The average molecular weight is 373 g/mol. The Morgan fingerprint density at radius 2 is 2.14 bits per heavy atom. The van der Waals surface area contributed by atoms with Crippen LogP contribution in [-0.4, -0.2) is 41.1 Å². The molecule has 7 nitrogen and oxygen atoms in total. The Balaban J connectivity index is 2.00. The van der Waals surface area contributed by atoms with Crippen LogP contribution in [0.1, 0.15) is 5.82 Å². The van der Waals surface area contributed by atoms with E-state index in [1.165, 1.54) is 11.4 Å². The van der Waals surface area contributed by atoms with Gasteiger partial charge in [0.05, 0.1) is 13.7 Å². The SMILES string of the molecule is COc1ccc(Br)cc1S(=O)(=O)N1CCn2cnnc2C1. The van der Waals surface area contributed by atoms with E-state index in [1.807, 2.05) is 4.57 Å². The zero-order valence-electron chi connectivity index (χ0n) is 11.2. The molecule has 2 heterocycles. The highest BCUT2D eigenvalue weighted by molar-refractivity contribution is 9.10. The summed E-state index contributed by atoms with van der Waals surface area (Å²) < 4.78 is 34.7. The van der Waals surface area contributed by atoms with E-state index in [9.17, 15) is 8.42 Å². The number of sulfonamides is 1. The minimum Gasteiger partial charge on any atom is -0.495 e. The summed E-state index contributed by atoms with van der Waals surface area (Å²) in [5.74, 6) is 0.962. The first kappa shape index (κ1) is 14.5. The summed E-state index contributed by atoms with van der Waals surface area (Å²) in [6.07, 6.45) is 1.61.